The molecule has 1 fully saturated rings. The van der Waals surface area contributed by atoms with Gasteiger partial charge in [-0.05, 0) is 37.5 Å². The Morgan fingerprint density at radius 1 is 1.24 bits per heavy atom. The maximum absolute atomic E-state index is 13.0. The van der Waals surface area contributed by atoms with Gasteiger partial charge in [0.15, 0.2) is 0 Å². The number of hydrogen-bond donors (Lipinski definition) is 1. The number of halogens is 1. The molecule has 1 N–H and O–H groups in total. The van der Waals surface area contributed by atoms with Crippen LogP contribution in [-0.4, -0.2) is 35.4 Å². The largest absolute Gasteiger partial charge is 0.378 e. The van der Waals surface area contributed by atoms with Gasteiger partial charge in [0.05, 0.1) is 17.6 Å². The van der Waals surface area contributed by atoms with E-state index in [1.807, 2.05) is 26.1 Å². The van der Waals surface area contributed by atoms with Gasteiger partial charge in [-0.1, -0.05) is 24.1 Å². The van der Waals surface area contributed by atoms with Crippen LogP contribution in [0, 0.1) is 6.92 Å². The number of aromatic nitrogens is 2. The molecule has 3 rings (SSSR count). The van der Waals surface area contributed by atoms with Gasteiger partial charge >= 0.3 is 0 Å². The second-order valence-electron chi connectivity index (χ2n) is 6.35. The van der Waals surface area contributed by atoms with Gasteiger partial charge in [0.25, 0.3) is 0 Å². The van der Waals surface area contributed by atoms with Crippen molar-refractivity contribution in [1.82, 2.24) is 13.9 Å². The average molecular weight is 383 g/mol. The van der Waals surface area contributed by atoms with Crippen LogP contribution in [0.3, 0.4) is 0 Å². The molecule has 0 bridgehead atoms. The SMILES string of the molecule is Cc1ccc(NCc2ncc(Cl)n2C)cc1S(=O)(=O)N1CCCCC1. The first-order chi connectivity index (χ1) is 11.9. The quantitative estimate of drug-likeness (QED) is 0.862. The summed E-state index contributed by atoms with van der Waals surface area (Å²) in [6.07, 6.45) is 4.55. The van der Waals surface area contributed by atoms with Crippen LogP contribution in [0.25, 0.3) is 0 Å². The number of nitrogens with zero attached hydrogens (tertiary/aromatic N) is 3. The Hall–Kier alpha value is -1.57. The first-order valence-corrected chi connectivity index (χ1v) is 10.2. The molecular formula is C17H23ClN4O2S. The van der Waals surface area contributed by atoms with E-state index < -0.39 is 10.0 Å². The first-order valence-electron chi connectivity index (χ1n) is 8.40. The summed E-state index contributed by atoms with van der Waals surface area (Å²) >= 11 is 5.99. The molecule has 1 aromatic heterocycles. The maximum atomic E-state index is 13.0. The number of nitrogens with one attached hydrogen (secondary N) is 1. The normalized spacial score (nSPS) is 16.1. The summed E-state index contributed by atoms with van der Waals surface area (Å²) in [5, 5.41) is 3.80. The number of aryl methyl sites for hydroxylation is 1. The zero-order valence-corrected chi connectivity index (χ0v) is 16.1. The lowest BCUT2D eigenvalue weighted by atomic mass is 10.2. The van der Waals surface area contributed by atoms with Gasteiger partial charge < -0.3 is 9.88 Å². The van der Waals surface area contributed by atoms with E-state index in [9.17, 15) is 8.42 Å². The van der Waals surface area contributed by atoms with Crippen molar-refractivity contribution in [2.75, 3.05) is 18.4 Å². The van der Waals surface area contributed by atoms with Crippen molar-refractivity contribution >= 4 is 27.3 Å². The van der Waals surface area contributed by atoms with E-state index in [2.05, 4.69) is 10.3 Å². The van der Waals surface area contributed by atoms with Crippen LogP contribution >= 0.6 is 11.6 Å². The molecule has 0 aliphatic carbocycles. The molecule has 1 aliphatic heterocycles. The zero-order chi connectivity index (χ0) is 18.0. The number of piperidine rings is 1. The Labute approximate surface area is 153 Å². The third kappa shape index (κ3) is 3.83. The standard InChI is InChI=1S/C17H23ClN4O2S/c1-13-6-7-14(19-12-17-20-11-16(18)21(17)2)10-15(13)25(23,24)22-8-4-3-5-9-22/h6-7,10-11,19H,3-5,8-9,12H2,1-2H3. The van der Waals surface area contributed by atoms with Crippen LogP contribution < -0.4 is 5.32 Å². The summed E-state index contributed by atoms with van der Waals surface area (Å²) in [5.41, 5.74) is 1.51. The van der Waals surface area contributed by atoms with Gasteiger partial charge in [0.1, 0.15) is 11.0 Å². The molecule has 1 saturated heterocycles. The Kier molecular flexibility index (Phi) is 5.36. The summed E-state index contributed by atoms with van der Waals surface area (Å²) in [6.45, 7) is 3.50. The van der Waals surface area contributed by atoms with Gasteiger partial charge in [-0.3, -0.25) is 0 Å². The topological polar surface area (TPSA) is 67.2 Å². The van der Waals surface area contributed by atoms with Gasteiger partial charge in [-0.15, -0.1) is 0 Å². The molecule has 1 aromatic carbocycles. The van der Waals surface area contributed by atoms with Crippen LogP contribution in [0.4, 0.5) is 5.69 Å². The molecule has 6 nitrogen and oxygen atoms in total. The highest BCUT2D eigenvalue weighted by atomic mass is 35.5. The highest BCUT2D eigenvalue weighted by Crippen LogP contribution is 2.26. The van der Waals surface area contributed by atoms with Crippen molar-refractivity contribution in [2.45, 2.75) is 37.6 Å². The maximum Gasteiger partial charge on any atom is 0.243 e. The third-order valence-electron chi connectivity index (χ3n) is 4.60. The number of sulfonamides is 1. The number of imidazole rings is 1. The summed E-state index contributed by atoms with van der Waals surface area (Å²) in [6, 6.07) is 5.43. The van der Waals surface area contributed by atoms with Gasteiger partial charge in [-0.2, -0.15) is 4.31 Å². The summed E-state index contributed by atoms with van der Waals surface area (Å²) in [7, 11) is -1.61. The van der Waals surface area contributed by atoms with Crippen molar-refractivity contribution in [3.63, 3.8) is 0 Å². The van der Waals surface area contributed by atoms with Crippen LogP contribution in [0.15, 0.2) is 29.3 Å². The lowest BCUT2D eigenvalue weighted by Gasteiger charge is -2.26. The second-order valence-corrected chi connectivity index (χ2v) is 8.65. The molecule has 0 amide bonds. The zero-order valence-electron chi connectivity index (χ0n) is 14.5. The smallest absolute Gasteiger partial charge is 0.243 e. The molecular weight excluding hydrogens is 360 g/mol. The number of benzene rings is 1. The monoisotopic (exact) mass is 382 g/mol. The van der Waals surface area contributed by atoms with Gasteiger partial charge in [0, 0.05) is 25.8 Å². The minimum absolute atomic E-state index is 0.372. The molecule has 0 saturated carbocycles. The van der Waals surface area contributed by atoms with Crippen LogP contribution in [0.5, 0.6) is 0 Å². The predicted octanol–water partition coefficient (Wildman–Crippen LogP) is 3.17. The number of hydrogen-bond acceptors (Lipinski definition) is 4. The molecule has 0 unspecified atom stereocenters. The highest BCUT2D eigenvalue weighted by Gasteiger charge is 2.27. The molecule has 0 spiro atoms. The predicted molar refractivity (Wildman–Crippen MR) is 99.3 cm³/mol. The lowest BCUT2D eigenvalue weighted by molar-refractivity contribution is 0.346. The Morgan fingerprint density at radius 2 is 1.96 bits per heavy atom. The van der Waals surface area contributed by atoms with E-state index in [1.54, 1.807) is 21.1 Å². The average Bonchev–Trinajstić information content (AvgIpc) is 2.93. The molecule has 0 atom stereocenters. The van der Waals surface area contributed by atoms with E-state index >= 15 is 0 Å². The van der Waals surface area contributed by atoms with Crippen molar-refractivity contribution in [3.05, 3.63) is 40.9 Å². The molecule has 136 valence electrons. The lowest BCUT2D eigenvalue weighted by Crippen LogP contribution is -2.36. The Balaban J connectivity index is 1.81. The summed E-state index contributed by atoms with van der Waals surface area (Å²) in [5.74, 6) is 0.783. The van der Waals surface area contributed by atoms with E-state index in [0.717, 1.165) is 36.3 Å². The Morgan fingerprint density at radius 3 is 2.60 bits per heavy atom. The minimum Gasteiger partial charge on any atom is -0.378 e. The van der Waals surface area contributed by atoms with Gasteiger partial charge in [-0.25, -0.2) is 13.4 Å². The van der Waals surface area contributed by atoms with Crippen molar-refractivity contribution in [2.24, 2.45) is 7.05 Å². The fourth-order valence-electron chi connectivity index (χ4n) is 3.00. The molecule has 8 heteroatoms. The van der Waals surface area contributed by atoms with Crippen molar-refractivity contribution < 1.29 is 8.42 Å². The fourth-order valence-corrected chi connectivity index (χ4v) is 4.92. The van der Waals surface area contributed by atoms with Gasteiger partial charge in [0.2, 0.25) is 10.0 Å². The van der Waals surface area contributed by atoms with E-state index in [4.69, 9.17) is 11.6 Å². The van der Waals surface area contributed by atoms with Crippen LogP contribution in [0.2, 0.25) is 5.15 Å². The van der Waals surface area contributed by atoms with E-state index in [-0.39, 0.29) is 0 Å². The fraction of sp³-hybridized carbons (Fsp3) is 0.471. The number of rotatable bonds is 5. The van der Waals surface area contributed by atoms with E-state index in [1.165, 1.54) is 0 Å². The minimum atomic E-state index is -3.45. The van der Waals surface area contributed by atoms with Crippen LogP contribution in [0.1, 0.15) is 30.7 Å². The second kappa shape index (κ2) is 7.35. The molecule has 2 heterocycles. The molecule has 1 aliphatic rings. The van der Waals surface area contributed by atoms with Crippen molar-refractivity contribution in [3.8, 4) is 0 Å². The summed E-state index contributed by atoms with van der Waals surface area (Å²) < 4.78 is 29.3. The molecule has 2 aromatic rings. The first kappa shape index (κ1) is 18.2. The third-order valence-corrected chi connectivity index (χ3v) is 6.99. The Bertz CT molecular complexity index is 858. The number of anilines is 1. The molecule has 0 radical (unpaired) electrons. The van der Waals surface area contributed by atoms with Crippen molar-refractivity contribution in [1.29, 1.82) is 0 Å². The summed E-state index contributed by atoms with van der Waals surface area (Å²) in [4.78, 5) is 4.61. The van der Waals surface area contributed by atoms with E-state index in [0.29, 0.717) is 29.7 Å². The highest BCUT2D eigenvalue weighted by molar-refractivity contribution is 7.89. The van der Waals surface area contributed by atoms with Crippen LogP contribution in [-0.2, 0) is 23.6 Å². The molecule has 25 heavy (non-hydrogen) atoms.